The number of nitrogens with zero attached hydrogens (tertiary/aromatic N) is 1. The van der Waals surface area contributed by atoms with Crippen LogP contribution < -0.4 is 10.0 Å². The van der Waals surface area contributed by atoms with Crippen LogP contribution in [0.3, 0.4) is 0 Å². The van der Waals surface area contributed by atoms with Crippen molar-refractivity contribution in [1.82, 2.24) is 9.03 Å². The Morgan fingerprint density at radius 1 is 0.968 bits per heavy atom. The first-order chi connectivity index (χ1) is 14.7. The summed E-state index contributed by atoms with van der Waals surface area (Å²) >= 11 is 5.85. The number of carbonyl (C=O) groups excluding carboxylic acids is 1. The Morgan fingerprint density at radius 2 is 1.68 bits per heavy atom. The van der Waals surface area contributed by atoms with Gasteiger partial charge in [0, 0.05) is 23.3 Å². The Balaban J connectivity index is 1.51. The van der Waals surface area contributed by atoms with E-state index in [-0.39, 0.29) is 22.4 Å². The second-order valence-corrected chi connectivity index (χ2v) is 11.7. The van der Waals surface area contributed by atoms with Gasteiger partial charge in [-0.15, -0.1) is 0 Å². The fourth-order valence-electron chi connectivity index (χ4n) is 3.49. The maximum atomic E-state index is 13.0. The predicted octanol–water partition coefficient (Wildman–Crippen LogP) is 2.57. The second kappa shape index (κ2) is 8.51. The van der Waals surface area contributed by atoms with Crippen molar-refractivity contribution < 1.29 is 21.6 Å². The molecule has 2 fully saturated rings. The van der Waals surface area contributed by atoms with Crippen molar-refractivity contribution >= 4 is 43.2 Å². The van der Waals surface area contributed by atoms with Crippen LogP contribution in [-0.4, -0.2) is 45.7 Å². The molecule has 31 heavy (non-hydrogen) atoms. The summed E-state index contributed by atoms with van der Waals surface area (Å²) in [6.45, 7) is 0.225. The van der Waals surface area contributed by atoms with Gasteiger partial charge in [-0.2, -0.15) is 4.31 Å². The predicted molar refractivity (Wildman–Crippen MR) is 117 cm³/mol. The van der Waals surface area contributed by atoms with Gasteiger partial charge >= 0.3 is 0 Å². The van der Waals surface area contributed by atoms with Crippen LogP contribution in [0.1, 0.15) is 25.7 Å². The Morgan fingerprint density at radius 3 is 2.35 bits per heavy atom. The molecule has 0 unspecified atom stereocenters. The zero-order valence-electron chi connectivity index (χ0n) is 16.5. The number of benzene rings is 2. The average molecular weight is 484 g/mol. The van der Waals surface area contributed by atoms with Gasteiger partial charge in [0.1, 0.15) is 6.04 Å². The normalized spacial score (nSPS) is 20.0. The first-order valence-corrected chi connectivity index (χ1v) is 13.2. The molecule has 0 aromatic heterocycles. The highest BCUT2D eigenvalue weighted by molar-refractivity contribution is 7.89. The van der Waals surface area contributed by atoms with Gasteiger partial charge in [-0.3, -0.25) is 4.79 Å². The molecular formula is C20H22ClN3O5S2. The molecule has 1 heterocycles. The lowest BCUT2D eigenvalue weighted by Crippen LogP contribution is -2.43. The van der Waals surface area contributed by atoms with Crippen molar-refractivity contribution in [1.29, 1.82) is 0 Å². The van der Waals surface area contributed by atoms with E-state index < -0.39 is 32.0 Å². The summed E-state index contributed by atoms with van der Waals surface area (Å²) in [5.74, 6) is -0.500. The van der Waals surface area contributed by atoms with Crippen molar-refractivity contribution in [3.05, 3.63) is 53.6 Å². The lowest BCUT2D eigenvalue weighted by atomic mass is 10.2. The van der Waals surface area contributed by atoms with Gasteiger partial charge in [0.05, 0.1) is 9.79 Å². The third-order valence-electron chi connectivity index (χ3n) is 5.24. The van der Waals surface area contributed by atoms with Crippen LogP contribution in [0.5, 0.6) is 0 Å². The third kappa shape index (κ3) is 4.93. The van der Waals surface area contributed by atoms with Crippen molar-refractivity contribution in [2.45, 2.75) is 47.6 Å². The van der Waals surface area contributed by atoms with Gasteiger partial charge in [-0.25, -0.2) is 21.6 Å². The molecule has 166 valence electrons. The van der Waals surface area contributed by atoms with Gasteiger partial charge in [0.25, 0.3) is 0 Å². The quantitative estimate of drug-likeness (QED) is 0.628. The first kappa shape index (κ1) is 22.2. The summed E-state index contributed by atoms with van der Waals surface area (Å²) in [6.07, 6.45) is 2.55. The SMILES string of the molecule is O=C(Nc1cccc(S(=O)(=O)NC2CC2)c1)[C@H]1CCCN1S(=O)(=O)c1ccc(Cl)cc1. The standard InChI is InChI=1S/C20H22ClN3O5S2/c21-14-6-10-17(11-7-14)31(28,29)24-12-2-5-19(24)20(25)22-16-3-1-4-18(13-16)30(26,27)23-15-8-9-15/h1,3-4,6-7,10-11,13,15,19,23H,2,5,8-9,12H2,(H,22,25)/t19-/m1/s1. The van der Waals surface area contributed by atoms with E-state index in [1.807, 2.05) is 0 Å². The van der Waals surface area contributed by atoms with E-state index in [0.29, 0.717) is 23.6 Å². The Labute approximate surface area is 186 Å². The number of rotatable bonds is 7. The lowest BCUT2D eigenvalue weighted by Gasteiger charge is -2.23. The minimum Gasteiger partial charge on any atom is -0.325 e. The van der Waals surface area contributed by atoms with E-state index in [1.165, 1.54) is 46.8 Å². The number of sulfonamides is 2. The minimum absolute atomic E-state index is 0.0339. The summed E-state index contributed by atoms with van der Waals surface area (Å²) in [7, 11) is -7.54. The molecule has 1 aliphatic carbocycles. The number of carbonyl (C=O) groups is 1. The van der Waals surface area contributed by atoms with E-state index in [4.69, 9.17) is 11.6 Å². The van der Waals surface area contributed by atoms with Crippen LogP contribution in [0.2, 0.25) is 5.02 Å². The summed E-state index contributed by atoms with van der Waals surface area (Å²) in [4.78, 5) is 13.0. The van der Waals surface area contributed by atoms with Crippen LogP contribution in [0.4, 0.5) is 5.69 Å². The highest BCUT2D eigenvalue weighted by atomic mass is 35.5. The maximum absolute atomic E-state index is 13.0. The second-order valence-electron chi connectivity index (χ2n) is 7.64. The molecule has 8 nitrogen and oxygen atoms in total. The van der Waals surface area contributed by atoms with Gasteiger partial charge in [-0.05, 0) is 68.1 Å². The molecule has 1 saturated heterocycles. The molecular weight excluding hydrogens is 462 g/mol. The number of hydrogen-bond donors (Lipinski definition) is 2. The maximum Gasteiger partial charge on any atom is 0.243 e. The molecule has 2 N–H and O–H groups in total. The van der Waals surface area contributed by atoms with Crippen molar-refractivity contribution in [3.8, 4) is 0 Å². The van der Waals surface area contributed by atoms with Gasteiger partial charge < -0.3 is 5.32 Å². The molecule has 2 aromatic rings. The van der Waals surface area contributed by atoms with Crippen LogP contribution >= 0.6 is 11.6 Å². The third-order valence-corrected chi connectivity index (χ3v) is 8.93. The summed E-state index contributed by atoms with van der Waals surface area (Å²) in [5, 5.41) is 3.09. The van der Waals surface area contributed by atoms with E-state index in [9.17, 15) is 21.6 Å². The van der Waals surface area contributed by atoms with Crippen molar-refractivity contribution in [2.75, 3.05) is 11.9 Å². The average Bonchev–Trinajstić information content (AvgIpc) is 3.37. The zero-order valence-corrected chi connectivity index (χ0v) is 18.9. The fraction of sp³-hybridized carbons (Fsp3) is 0.350. The Hall–Kier alpha value is -1.98. The highest BCUT2D eigenvalue weighted by Gasteiger charge is 2.39. The molecule has 1 amide bonds. The van der Waals surface area contributed by atoms with Crippen LogP contribution in [0, 0.1) is 0 Å². The van der Waals surface area contributed by atoms with Crippen molar-refractivity contribution in [3.63, 3.8) is 0 Å². The van der Waals surface area contributed by atoms with E-state index >= 15 is 0 Å². The van der Waals surface area contributed by atoms with Crippen molar-refractivity contribution in [2.24, 2.45) is 0 Å². The molecule has 11 heteroatoms. The topological polar surface area (TPSA) is 113 Å². The van der Waals surface area contributed by atoms with Crippen LogP contribution in [0.15, 0.2) is 58.3 Å². The van der Waals surface area contributed by atoms with Crippen LogP contribution in [0.25, 0.3) is 0 Å². The summed E-state index contributed by atoms with van der Waals surface area (Å²) < 4.78 is 54.7. The number of amides is 1. The molecule has 1 atom stereocenters. The summed E-state index contributed by atoms with van der Waals surface area (Å²) in [6, 6.07) is 10.8. The number of nitrogens with one attached hydrogen (secondary N) is 2. The molecule has 1 saturated carbocycles. The number of halogens is 1. The largest absolute Gasteiger partial charge is 0.325 e. The Bertz CT molecular complexity index is 1200. The van der Waals surface area contributed by atoms with Crippen LogP contribution in [-0.2, 0) is 24.8 Å². The van der Waals surface area contributed by atoms with Gasteiger partial charge in [0.2, 0.25) is 26.0 Å². The van der Waals surface area contributed by atoms with E-state index in [1.54, 1.807) is 6.07 Å². The van der Waals surface area contributed by atoms with Gasteiger partial charge in [-0.1, -0.05) is 17.7 Å². The molecule has 2 aliphatic rings. The molecule has 4 rings (SSSR count). The first-order valence-electron chi connectivity index (χ1n) is 9.87. The van der Waals surface area contributed by atoms with E-state index in [2.05, 4.69) is 10.0 Å². The fourth-order valence-corrected chi connectivity index (χ4v) is 6.62. The van der Waals surface area contributed by atoms with Gasteiger partial charge in [0.15, 0.2) is 0 Å². The minimum atomic E-state index is -3.87. The Kier molecular flexibility index (Phi) is 6.10. The zero-order chi connectivity index (χ0) is 22.2. The monoisotopic (exact) mass is 483 g/mol. The molecule has 0 spiro atoms. The molecule has 2 aromatic carbocycles. The molecule has 0 bridgehead atoms. The highest BCUT2D eigenvalue weighted by Crippen LogP contribution is 2.28. The lowest BCUT2D eigenvalue weighted by molar-refractivity contribution is -0.119. The smallest absolute Gasteiger partial charge is 0.243 e. The molecule has 0 radical (unpaired) electrons. The number of hydrogen-bond acceptors (Lipinski definition) is 5. The summed E-state index contributed by atoms with van der Waals surface area (Å²) in [5.41, 5.74) is 0.291. The molecule has 1 aliphatic heterocycles. The van der Waals surface area contributed by atoms with E-state index in [0.717, 1.165) is 12.8 Å². The number of anilines is 1.